The molecule has 2 heterocycles. The van der Waals surface area contributed by atoms with Gasteiger partial charge in [0.15, 0.2) is 5.69 Å². The molecular formula is C18H20ClN3O2. The second-order valence-corrected chi connectivity index (χ2v) is 6.34. The minimum absolute atomic E-state index is 0.0421. The molecule has 6 heteroatoms. The summed E-state index contributed by atoms with van der Waals surface area (Å²) in [6.07, 6.45) is 2.40. The van der Waals surface area contributed by atoms with E-state index in [2.05, 4.69) is 21.3 Å². The number of pyridine rings is 1. The van der Waals surface area contributed by atoms with Crippen molar-refractivity contribution in [1.82, 2.24) is 9.88 Å². The lowest BCUT2D eigenvalue weighted by atomic mass is 10.1. The third-order valence-electron chi connectivity index (χ3n) is 4.26. The Morgan fingerprint density at radius 3 is 2.71 bits per heavy atom. The fourth-order valence-electron chi connectivity index (χ4n) is 3.08. The number of rotatable bonds is 6. The average molecular weight is 346 g/mol. The largest absolute Gasteiger partial charge is 0.477 e. The molecule has 0 aliphatic carbocycles. The Balaban J connectivity index is 1.77. The maximum atomic E-state index is 11.0. The van der Waals surface area contributed by atoms with Crippen LogP contribution >= 0.6 is 11.6 Å². The Labute approximate surface area is 146 Å². The van der Waals surface area contributed by atoms with Gasteiger partial charge in [-0.15, -0.1) is 0 Å². The van der Waals surface area contributed by atoms with Crippen molar-refractivity contribution in [3.8, 4) is 0 Å². The van der Waals surface area contributed by atoms with Crippen molar-refractivity contribution in [2.45, 2.75) is 18.9 Å². The minimum Gasteiger partial charge on any atom is -0.477 e. The number of halogens is 1. The molecule has 0 saturated carbocycles. The van der Waals surface area contributed by atoms with Gasteiger partial charge in [-0.1, -0.05) is 29.8 Å². The molecule has 1 aliphatic rings. The summed E-state index contributed by atoms with van der Waals surface area (Å²) in [5.74, 6) is -0.453. The predicted molar refractivity (Wildman–Crippen MR) is 94.7 cm³/mol. The highest BCUT2D eigenvalue weighted by Crippen LogP contribution is 2.27. The van der Waals surface area contributed by atoms with Crippen LogP contribution in [0.1, 0.15) is 34.9 Å². The molecule has 0 amide bonds. The monoisotopic (exact) mass is 345 g/mol. The van der Waals surface area contributed by atoms with Crippen LogP contribution in [0.15, 0.2) is 42.5 Å². The van der Waals surface area contributed by atoms with Crippen LogP contribution in [0.25, 0.3) is 0 Å². The van der Waals surface area contributed by atoms with Gasteiger partial charge in [0.05, 0.1) is 6.04 Å². The molecule has 1 fully saturated rings. The molecule has 126 valence electrons. The number of carboxylic acid groups (broad SMARTS) is 1. The van der Waals surface area contributed by atoms with E-state index in [1.807, 2.05) is 18.2 Å². The fourth-order valence-corrected chi connectivity index (χ4v) is 3.28. The number of benzene rings is 1. The zero-order valence-electron chi connectivity index (χ0n) is 13.3. The fraction of sp³-hybridized carbons (Fsp3) is 0.333. The van der Waals surface area contributed by atoms with E-state index in [1.165, 1.54) is 18.9 Å². The van der Waals surface area contributed by atoms with Gasteiger partial charge in [-0.2, -0.15) is 0 Å². The molecule has 2 aromatic rings. The summed E-state index contributed by atoms with van der Waals surface area (Å²) in [6, 6.07) is 13.1. The molecular weight excluding hydrogens is 326 g/mol. The molecule has 2 N–H and O–H groups in total. The molecule has 1 saturated heterocycles. The lowest BCUT2D eigenvalue weighted by Gasteiger charge is -2.28. The van der Waals surface area contributed by atoms with Crippen molar-refractivity contribution in [3.63, 3.8) is 0 Å². The highest BCUT2D eigenvalue weighted by Gasteiger charge is 2.23. The molecule has 0 bridgehead atoms. The number of carbonyl (C=O) groups is 1. The van der Waals surface area contributed by atoms with Crippen LogP contribution in [-0.4, -0.2) is 40.6 Å². The van der Waals surface area contributed by atoms with E-state index in [-0.39, 0.29) is 11.7 Å². The Hall–Kier alpha value is -2.11. The molecule has 0 spiro atoms. The lowest BCUT2D eigenvalue weighted by molar-refractivity contribution is 0.0690. The van der Waals surface area contributed by atoms with Crippen molar-refractivity contribution in [3.05, 3.63) is 58.7 Å². The maximum Gasteiger partial charge on any atom is 0.354 e. The van der Waals surface area contributed by atoms with Crippen molar-refractivity contribution in [2.75, 3.05) is 25.0 Å². The molecule has 0 radical (unpaired) electrons. The average Bonchev–Trinajstić information content (AvgIpc) is 3.10. The number of hydrogen-bond donors (Lipinski definition) is 2. The topological polar surface area (TPSA) is 65.5 Å². The number of aromatic carboxylic acids is 1. The van der Waals surface area contributed by atoms with Crippen LogP contribution in [0.5, 0.6) is 0 Å². The number of nitrogens with one attached hydrogen (secondary N) is 1. The molecule has 5 nitrogen and oxygen atoms in total. The Bertz CT molecular complexity index is 717. The third-order valence-corrected chi connectivity index (χ3v) is 4.49. The maximum absolute atomic E-state index is 11.0. The van der Waals surface area contributed by atoms with Crippen LogP contribution in [0.2, 0.25) is 5.02 Å². The van der Waals surface area contributed by atoms with Gasteiger partial charge < -0.3 is 10.4 Å². The molecule has 24 heavy (non-hydrogen) atoms. The number of carboxylic acids is 1. The van der Waals surface area contributed by atoms with E-state index in [1.54, 1.807) is 12.1 Å². The van der Waals surface area contributed by atoms with E-state index in [0.29, 0.717) is 12.4 Å². The normalized spacial score (nSPS) is 16.0. The smallest absolute Gasteiger partial charge is 0.354 e. The molecule has 1 atom stereocenters. The number of hydrogen-bond acceptors (Lipinski definition) is 4. The standard InChI is InChI=1S/C18H20ClN3O2/c19-14-6-3-5-13(11-14)16(22-9-1-2-10-22)12-20-17-8-4-7-15(21-17)18(23)24/h3-8,11,16H,1-2,9-10,12H2,(H,20,21)(H,23,24). The van der Waals surface area contributed by atoms with E-state index < -0.39 is 5.97 Å². The first kappa shape index (κ1) is 16.7. The number of aromatic nitrogens is 1. The van der Waals surface area contributed by atoms with Gasteiger partial charge in [-0.05, 0) is 55.8 Å². The summed E-state index contributed by atoms with van der Waals surface area (Å²) in [6.45, 7) is 2.76. The first-order valence-corrected chi connectivity index (χ1v) is 8.45. The highest BCUT2D eigenvalue weighted by atomic mass is 35.5. The van der Waals surface area contributed by atoms with E-state index >= 15 is 0 Å². The third kappa shape index (κ3) is 4.04. The highest BCUT2D eigenvalue weighted by molar-refractivity contribution is 6.30. The van der Waals surface area contributed by atoms with Gasteiger partial charge >= 0.3 is 5.97 Å². The van der Waals surface area contributed by atoms with Crippen molar-refractivity contribution < 1.29 is 9.90 Å². The summed E-state index contributed by atoms with van der Waals surface area (Å²) < 4.78 is 0. The molecule has 1 unspecified atom stereocenters. The first-order chi connectivity index (χ1) is 11.6. The molecule has 1 aromatic heterocycles. The summed E-state index contributed by atoms with van der Waals surface area (Å²) in [5, 5.41) is 13.1. The van der Waals surface area contributed by atoms with Crippen LogP contribution < -0.4 is 5.32 Å². The second-order valence-electron chi connectivity index (χ2n) is 5.91. The number of nitrogens with zero attached hydrogens (tertiary/aromatic N) is 2. The number of anilines is 1. The summed E-state index contributed by atoms with van der Waals surface area (Å²) in [7, 11) is 0. The van der Waals surface area contributed by atoms with Gasteiger partial charge in [0, 0.05) is 11.6 Å². The summed E-state index contributed by atoms with van der Waals surface area (Å²) >= 11 is 6.15. The van der Waals surface area contributed by atoms with Crippen LogP contribution in [0.4, 0.5) is 5.82 Å². The van der Waals surface area contributed by atoms with Crippen molar-refractivity contribution in [2.24, 2.45) is 0 Å². The lowest BCUT2D eigenvalue weighted by Crippen LogP contribution is -2.31. The number of likely N-dealkylation sites (tertiary alicyclic amines) is 1. The zero-order valence-corrected chi connectivity index (χ0v) is 14.0. The van der Waals surface area contributed by atoms with Gasteiger partial charge in [-0.3, -0.25) is 4.90 Å². The van der Waals surface area contributed by atoms with Gasteiger partial charge in [-0.25, -0.2) is 9.78 Å². The Kier molecular flexibility index (Phi) is 5.33. The Morgan fingerprint density at radius 1 is 1.25 bits per heavy atom. The summed E-state index contributed by atoms with van der Waals surface area (Å²) in [4.78, 5) is 17.6. The quantitative estimate of drug-likeness (QED) is 0.836. The van der Waals surface area contributed by atoms with Crippen LogP contribution in [0.3, 0.4) is 0 Å². The SMILES string of the molecule is O=C(O)c1cccc(NCC(c2cccc(Cl)c2)N2CCCC2)n1. The second kappa shape index (κ2) is 7.64. The van der Waals surface area contributed by atoms with Crippen molar-refractivity contribution >= 4 is 23.4 Å². The van der Waals surface area contributed by atoms with Gasteiger partial charge in [0.1, 0.15) is 5.82 Å². The minimum atomic E-state index is -1.02. The summed E-state index contributed by atoms with van der Waals surface area (Å²) in [5.41, 5.74) is 1.20. The molecule has 1 aromatic carbocycles. The van der Waals surface area contributed by atoms with Gasteiger partial charge in [0.25, 0.3) is 0 Å². The zero-order chi connectivity index (χ0) is 16.9. The molecule has 3 rings (SSSR count). The van der Waals surface area contributed by atoms with E-state index in [4.69, 9.17) is 16.7 Å². The van der Waals surface area contributed by atoms with Crippen LogP contribution in [0, 0.1) is 0 Å². The van der Waals surface area contributed by atoms with E-state index in [0.717, 1.165) is 23.7 Å². The first-order valence-electron chi connectivity index (χ1n) is 8.07. The predicted octanol–water partition coefficient (Wildman–Crippen LogP) is 3.68. The van der Waals surface area contributed by atoms with E-state index in [9.17, 15) is 4.79 Å². The van der Waals surface area contributed by atoms with Crippen LogP contribution in [-0.2, 0) is 0 Å². The Morgan fingerprint density at radius 2 is 2.00 bits per heavy atom. The van der Waals surface area contributed by atoms with Crippen molar-refractivity contribution in [1.29, 1.82) is 0 Å². The van der Waals surface area contributed by atoms with Gasteiger partial charge in [0.2, 0.25) is 0 Å². The molecule has 1 aliphatic heterocycles.